The number of piperidine rings is 2. The molecule has 6 nitrogen and oxygen atoms in total. The third-order valence-electron chi connectivity index (χ3n) is 5.37. The van der Waals surface area contributed by atoms with E-state index in [4.69, 9.17) is 0 Å². The molecule has 2 fully saturated rings. The summed E-state index contributed by atoms with van der Waals surface area (Å²) in [4.78, 5) is 23.6. The van der Waals surface area contributed by atoms with Crippen LogP contribution in [0.15, 0.2) is 12.1 Å². The van der Waals surface area contributed by atoms with Gasteiger partial charge >= 0.3 is 0 Å². The summed E-state index contributed by atoms with van der Waals surface area (Å²) in [6, 6.07) is 3.71. The third-order valence-corrected chi connectivity index (χ3v) is 5.37. The lowest BCUT2D eigenvalue weighted by atomic mass is 9.88. The number of hydrogen-bond donors (Lipinski definition) is 2. The maximum Gasteiger partial charge on any atom is 0.235 e. The van der Waals surface area contributed by atoms with Gasteiger partial charge in [-0.15, -0.1) is 0 Å². The summed E-state index contributed by atoms with van der Waals surface area (Å²) in [6.07, 6.45) is 2.54. The summed E-state index contributed by atoms with van der Waals surface area (Å²) < 4.78 is 16.7. The van der Waals surface area contributed by atoms with Crippen molar-refractivity contribution in [3.05, 3.63) is 29.2 Å². The predicted octanol–water partition coefficient (Wildman–Crippen LogP) is 1.70. The van der Waals surface area contributed by atoms with Crippen LogP contribution in [0.1, 0.15) is 48.8 Å². The van der Waals surface area contributed by atoms with Crippen molar-refractivity contribution in [1.29, 1.82) is 0 Å². The maximum atomic E-state index is 15.1. The van der Waals surface area contributed by atoms with Crippen LogP contribution >= 0.6 is 0 Å². The van der Waals surface area contributed by atoms with E-state index in [2.05, 4.69) is 15.7 Å². The van der Waals surface area contributed by atoms with Crippen molar-refractivity contribution in [3.63, 3.8) is 0 Å². The van der Waals surface area contributed by atoms with Gasteiger partial charge in [-0.25, -0.2) is 4.39 Å². The number of aromatic nitrogens is 2. The molecule has 0 saturated carbocycles. The summed E-state index contributed by atoms with van der Waals surface area (Å²) in [7, 11) is 1.72. The Morgan fingerprint density at radius 1 is 1.20 bits per heavy atom. The molecule has 1 unspecified atom stereocenters. The van der Waals surface area contributed by atoms with Crippen LogP contribution in [-0.2, 0) is 16.6 Å². The standard InChI is InChI=1S/C18H21FN4O2/c1-23-17(13-4-5-14(24)21-18(13)25)12-3-2-11(15(19)16(12)22-23)10-6-8-20-9-7-10/h2-3,10,13,20H,4-9H2,1H3,(H,21,24,25). The first-order valence-electron chi connectivity index (χ1n) is 8.75. The van der Waals surface area contributed by atoms with E-state index in [0.717, 1.165) is 25.9 Å². The molecule has 25 heavy (non-hydrogen) atoms. The van der Waals surface area contributed by atoms with E-state index in [9.17, 15) is 9.59 Å². The Balaban J connectivity index is 1.77. The second-order valence-electron chi connectivity index (χ2n) is 6.90. The van der Waals surface area contributed by atoms with Gasteiger partial charge in [-0.05, 0) is 43.8 Å². The van der Waals surface area contributed by atoms with Crippen LogP contribution in [-0.4, -0.2) is 34.7 Å². The van der Waals surface area contributed by atoms with Gasteiger partial charge in [-0.3, -0.25) is 19.6 Å². The summed E-state index contributed by atoms with van der Waals surface area (Å²) in [6.45, 7) is 1.79. The summed E-state index contributed by atoms with van der Waals surface area (Å²) in [5.74, 6) is -1.14. The average molecular weight is 344 g/mol. The molecule has 0 aliphatic carbocycles. The first kappa shape index (κ1) is 16.2. The fourth-order valence-electron chi connectivity index (χ4n) is 4.08. The molecule has 2 N–H and O–H groups in total. The zero-order valence-electron chi connectivity index (χ0n) is 14.1. The monoisotopic (exact) mass is 344 g/mol. The Morgan fingerprint density at radius 2 is 1.96 bits per heavy atom. The number of imide groups is 1. The largest absolute Gasteiger partial charge is 0.317 e. The van der Waals surface area contributed by atoms with Crippen LogP contribution in [0, 0.1) is 5.82 Å². The third kappa shape index (κ3) is 2.72. The van der Waals surface area contributed by atoms with Crippen LogP contribution in [0.5, 0.6) is 0 Å². The maximum absolute atomic E-state index is 15.1. The minimum absolute atomic E-state index is 0.201. The van der Waals surface area contributed by atoms with Crippen LogP contribution < -0.4 is 10.6 Å². The SMILES string of the molecule is Cn1nc2c(F)c(C3CCNCC3)ccc2c1C1CCC(=O)NC1=O. The lowest BCUT2D eigenvalue weighted by molar-refractivity contribution is -0.134. The number of nitrogens with one attached hydrogen (secondary N) is 2. The van der Waals surface area contributed by atoms with E-state index in [1.165, 1.54) is 0 Å². The van der Waals surface area contributed by atoms with Gasteiger partial charge in [0.05, 0.1) is 11.6 Å². The number of aryl methyl sites for hydroxylation is 1. The molecular formula is C18H21FN4O2. The quantitative estimate of drug-likeness (QED) is 0.813. The summed E-state index contributed by atoms with van der Waals surface area (Å²) in [5.41, 5.74) is 1.70. The van der Waals surface area contributed by atoms with E-state index in [1.54, 1.807) is 11.7 Å². The highest BCUT2D eigenvalue weighted by atomic mass is 19.1. The number of fused-ring (bicyclic) bond motifs is 1. The van der Waals surface area contributed by atoms with E-state index in [1.807, 2.05) is 12.1 Å². The Labute approximate surface area is 144 Å². The van der Waals surface area contributed by atoms with Gasteiger partial charge in [0.1, 0.15) is 5.52 Å². The van der Waals surface area contributed by atoms with Gasteiger partial charge in [0.25, 0.3) is 0 Å². The van der Waals surface area contributed by atoms with E-state index < -0.39 is 5.92 Å². The lowest BCUT2D eigenvalue weighted by Crippen LogP contribution is -2.40. The van der Waals surface area contributed by atoms with Crippen LogP contribution in [0.25, 0.3) is 10.9 Å². The molecule has 7 heteroatoms. The fourth-order valence-corrected chi connectivity index (χ4v) is 4.08. The molecule has 2 aliphatic rings. The topological polar surface area (TPSA) is 76.0 Å². The molecule has 1 aromatic carbocycles. The first-order valence-corrected chi connectivity index (χ1v) is 8.75. The molecule has 0 bridgehead atoms. The second kappa shape index (κ2) is 6.22. The van der Waals surface area contributed by atoms with Gasteiger partial charge in [-0.1, -0.05) is 12.1 Å². The number of nitrogens with zero attached hydrogens (tertiary/aromatic N) is 2. The van der Waals surface area contributed by atoms with Crippen LogP contribution in [0.2, 0.25) is 0 Å². The van der Waals surface area contributed by atoms with E-state index in [0.29, 0.717) is 35.0 Å². The Kier molecular flexibility index (Phi) is 4.03. The number of hydrogen-bond acceptors (Lipinski definition) is 4. The number of rotatable bonds is 2. The van der Waals surface area contributed by atoms with Crippen molar-refractivity contribution < 1.29 is 14.0 Å². The van der Waals surface area contributed by atoms with Crippen molar-refractivity contribution in [2.75, 3.05) is 13.1 Å². The fraction of sp³-hybridized carbons (Fsp3) is 0.500. The van der Waals surface area contributed by atoms with E-state index in [-0.39, 0.29) is 23.5 Å². The van der Waals surface area contributed by atoms with Gasteiger partial charge in [0.15, 0.2) is 5.82 Å². The summed E-state index contributed by atoms with van der Waals surface area (Å²) in [5, 5.41) is 10.7. The number of halogens is 1. The van der Waals surface area contributed by atoms with Crippen molar-refractivity contribution in [2.24, 2.45) is 7.05 Å². The highest BCUT2D eigenvalue weighted by molar-refractivity contribution is 6.02. The highest BCUT2D eigenvalue weighted by Crippen LogP contribution is 2.35. The van der Waals surface area contributed by atoms with Gasteiger partial charge in [0, 0.05) is 18.9 Å². The number of carbonyl (C=O) groups is 2. The number of amides is 2. The Bertz CT molecular complexity index is 854. The highest BCUT2D eigenvalue weighted by Gasteiger charge is 2.33. The zero-order chi connectivity index (χ0) is 17.6. The number of benzene rings is 1. The van der Waals surface area contributed by atoms with Crippen molar-refractivity contribution in [2.45, 2.75) is 37.5 Å². The Morgan fingerprint density at radius 3 is 2.68 bits per heavy atom. The molecule has 2 amide bonds. The minimum atomic E-state index is -0.475. The van der Waals surface area contributed by atoms with Gasteiger partial charge in [0.2, 0.25) is 11.8 Å². The summed E-state index contributed by atoms with van der Waals surface area (Å²) >= 11 is 0. The molecule has 4 rings (SSSR count). The second-order valence-corrected chi connectivity index (χ2v) is 6.90. The zero-order valence-corrected chi connectivity index (χ0v) is 14.1. The molecule has 2 aliphatic heterocycles. The van der Waals surface area contributed by atoms with Gasteiger partial charge in [-0.2, -0.15) is 5.10 Å². The first-order chi connectivity index (χ1) is 12.1. The molecule has 2 saturated heterocycles. The molecule has 1 aromatic heterocycles. The van der Waals surface area contributed by atoms with E-state index >= 15 is 4.39 Å². The molecule has 132 valence electrons. The normalized spacial score (nSPS) is 22.4. The van der Waals surface area contributed by atoms with Crippen LogP contribution in [0.4, 0.5) is 4.39 Å². The van der Waals surface area contributed by atoms with Gasteiger partial charge < -0.3 is 5.32 Å². The molecule has 2 aromatic rings. The van der Waals surface area contributed by atoms with Crippen molar-refractivity contribution in [1.82, 2.24) is 20.4 Å². The molecule has 1 atom stereocenters. The lowest BCUT2D eigenvalue weighted by Gasteiger charge is -2.23. The predicted molar refractivity (Wildman–Crippen MR) is 90.6 cm³/mol. The number of carbonyl (C=O) groups excluding carboxylic acids is 2. The van der Waals surface area contributed by atoms with Crippen LogP contribution in [0.3, 0.4) is 0 Å². The van der Waals surface area contributed by atoms with Crippen molar-refractivity contribution in [3.8, 4) is 0 Å². The molecule has 0 radical (unpaired) electrons. The molecule has 3 heterocycles. The Hall–Kier alpha value is -2.28. The smallest absolute Gasteiger partial charge is 0.235 e. The molecule has 0 spiro atoms. The average Bonchev–Trinajstić information content (AvgIpc) is 2.93. The molecular weight excluding hydrogens is 323 g/mol. The minimum Gasteiger partial charge on any atom is -0.317 e. The van der Waals surface area contributed by atoms with Crippen molar-refractivity contribution >= 4 is 22.7 Å².